The molecule has 1 aliphatic rings. The van der Waals surface area contributed by atoms with Crippen LogP contribution in [0.4, 0.5) is 0 Å². The molecule has 20 heavy (non-hydrogen) atoms. The summed E-state index contributed by atoms with van der Waals surface area (Å²) in [7, 11) is 3.33. The molecule has 1 aliphatic carbocycles. The Hall–Kier alpha value is -1.07. The van der Waals surface area contributed by atoms with Gasteiger partial charge >= 0.3 is 0 Å². The number of likely N-dealkylation sites (N-methyl/N-ethyl adjacent to an activating group) is 1. The van der Waals surface area contributed by atoms with Crippen LogP contribution in [0.1, 0.15) is 36.0 Å². The second kappa shape index (κ2) is 6.59. The number of rotatable bonds is 3. The van der Waals surface area contributed by atoms with Crippen molar-refractivity contribution in [1.82, 2.24) is 4.90 Å². The second-order valence-corrected chi connectivity index (χ2v) is 6.04. The van der Waals surface area contributed by atoms with E-state index in [1.54, 1.807) is 37.3 Å². The van der Waals surface area contributed by atoms with E-state index < -0.39 is 6.10 Å². The van der Waals surface area contributed by atoms with Gasteiger partial charge in [-0.15, -0.1) is 0 Å². The Labute approximate surface area is 127 Å². The first-order chi connectivity index (χ1) is 9.54. The molecule has 0 spiro atoms. The molecule has 0 aliphatic heterocycles. The van der Waals surface area contributed by atoms with E-state index in [1.807, 2.05) is 0 Å². The van der Waals surface area contributed by atoms with E-state index in [0.717, 1.165) is 30.2 Å². The Bertz CT molecular complexity index is 492. The summed E-state index contributed by atoms with van der Waals surface area (Å²) in [6.45, 7) is 0. The molecule has 1 fully saturated rings. The van der Waals surface area contributed by atoms with E-state index in [9.17, 15) is 9.90 Å². The number of halogens is 1. The fraction of sp³-hybridized carbons (Fsp3) is 0.533. The van der Waals surface area contributed by atoms with Crippen molar-refractivity contribution in [3.05, 3.63) is 28.2 Å². The first-order valence-corrected chi connectivity index (χ1v) is 7.62. The fourth-order valence-electron chi connectivity index (χ4n) is 2.68. The maximum Gasteiger partial charge on any atom is 0.255 e. The molecule has 1 aromatic rings. The van der Waals surface area contributed by atoms with Gasteiger partial charge in [-0.05, 0) is 47.0 Å². The minimum Gasteiger partial charge on any atom is -0.497 e. The van der Waals surface area contributed by atoms with Crippen LogP contribution in [-0.4, -0.2) is 42.2 Å². The van der Waals surface area contributed by atoms with Gasteiger partial charge in [-0.25, -0.2) is 0 Å². The Balaban J connectivity index is 2.21. The lowest BCUT2D eigenvalue weighted by Gasteiger charge is -2.35. The van der Waals surface area contributed by atoms with Crippen LogP contribution in [-0.2, 0) is 0 Å². The highest BCUT2D eigenvalue weighted by Gasteiger charge is 2.30. The molecule has 0 aromatic heterocycles. The SMILES string of the molecule is COc1ccc(Br)c(C(=O)N(C)C2CCCCC2O)c1. The van der Waals surface area contributed by atoms with Crippen LogP contribution in [0.2, 0.25) is 0 Å². The average Bonchev–Trinajstić information content (AvgIpc) is 2.47. The Morgan fingerprint density at radius 1 is 1.40 bits per heavy atom. The highest BCUT2D eigenvalue weighted by molar-refractivity contribution is 9.10. The summed E-state index contributed by atoms with van der Waals surface area (Å²) in [6.07, 6.45) is 3.27. The van der Waals surface area contributed by atoms with Crippen molar-refractivity contribution in [1.29, 1.82) is 0 Å². The van der Waals surface area contributed by atoms with Crippen molar-refractivity contribution < 1.29 is 14.6 Å². The van der Waals surface area contributed by atoms with Crippen molar-refractivity contribution in [3.63, 3.8) is 0 Å². The van der Waals surface area contributed by atoms with Crippen molar-refractivity contribution >= 4 is 21.8 Å². The van der Waals surface area contributed by atoms with Crippen LogP contribution < -0.4 is 4.74 Å². The number of hydrogen-bond donors (Lipinski definition) is 1. The molecule has 1 N–H and O–H groups in total. The number of hydrogen-bond acceptors (Lipinski definition) is 3. The minimum absolute atomic E-state index is 0.0956. The van der Waals surface area contributed by atoms with Crippen LogP contribution in [0, 0.1) is 0 Å². The van der Waals surface area contributed by atoms with E-state index in [1.165, 1.54) is 0 Å². The monoisotopic (exact) mass is 341 g/mol. The third kappa shape index (κ3) is 3.15. The molecular weight excluding hydrogens is 322 g/mol. The van der Waals surface area contributed by atoms with Gasteiger partial charge in [0.1, 0.15) is 5.75 Å². The minimum atomic E-state index is -0.429. The second-order valence-electron chi connectivity index (χ2n) is 5.18. The molecule has 0 radical (unpaired) electrons. The number of carbonyl (C=O) groups is 1. The number of aliphatic hydroxyl groups excluding tert-OH is 1. The molecule has 2 rings (SSSR count). The lowest BCUT2D eigenvalue weighted by atomic mass is 9.91. The lowest BCUT2D eigenvalue weighted by molar-refractivity contribution is 0.0267. The topological polar surface area (TPSA) is 49.8 Å². The van der Waals surface area contributed by atoms with Gasteiger partial charge in [-0.2, -0.15) is 0 Å². The van der Waals surface area contributed by atoms with Crippen LogP contribution in [0.3, 0.4) is 0 Å². The molecule has 1 saturated carbocycles. The molecule has 0 heterocycles. The zero-order valence-corrected chi connectivity index (χ0v) is 13.4. The van der Waals surface area contributed by atoms with Gasteiger partial charge < -0.3 is 14.7 Å². The summed E-state index contributed by atoms with van der Waals surface area (Å²) in [4.78, 5) is 14.3. The Kier molecular flexibility index (Phi) is 5.05. The summed E-state index contributed by atoms with van der Waals surface area (Å²) in [5.41, 5.74) is 0.560. The number of amides is 1. The van der Waals surface area contributed by atoms with E-state index in [0.29, 0.717) is 11.3 Å². The van der Waals surface area contributed by atoms with E-state index in [2.05, 4.69) is 15.9 Å². The van der Waals surface area contributed by atoms with Gasteiger partial charge in [0.25, 0.3) is 5.91 Å². The van der Waals surface area contributed by atoms with Gasteiger partial charge in [-0.3, -0.25) is 4.79 Å². The summed E-state index contributed by atoms with van der Waals surface area (Å²) in [5, 5.41) is 10.1. The molecule has 5 heteroatoms. The van der Waals surface area contributed by atoms with E-state index >= 15 is 0 Å². The predicted octanol–water partition coefficient (Wildman–Crippen LogP) is 2.83. The molecule has 0 saturated heterocycles. The maximum atomic E-state index is 12.6. The summed E-state index contributed by atoms with van der Waals surface area (Å²) in [6, 6.07) is 5.22. The molecule has 2 atom stereocenters. The smallest absolute Gasteiger partial charge is 0.255 e. The van der Waals surface area contributed by atoms with Crippen molar-refractivity contribution in [2.45, 2.75) is 37.8 Å². The number of carbonyl (C=O) groups excluding carboxylic acids is 1. The molecule has 2 unspecified atom stereocenters. The van der Waals surface area contributed by atoms with Crippen molar-refractivity contribution in [2.75, 3.05) is 14.2 Å². The number of benzene rings is 1. The first-order valence-electron chi connectivity index (χ1n) is 6.83. The highest BCUT2D eigenvalue weighted by Crippen LogP contribution is 2.27. The molecule has 0 bridgehead atoms. The molecule has 110 valence electrons. The highest BCUT2D eigenvalue weighted by atomic mass is 79.9. The Morgan fingerprint density at radius 2 is 2.10 bits per heavy atom. The number of ether oxygens (including phenoxy) is 1. The Morgan fingerprint density at radius 3 is 2.75 bits per heavy atom. The average molecular weight is 342 g/mol. The first kappa shape index (κ1) is 15.3. The van der Waals surface area contributed by atoms with Crippen LogP contribution in [0.5, 0.6) is 5.75 Å². The van der Waals surface area contributed by atoms with Gasteiger partial charge in [0.2, 0.25) is 0 Å². The van der Waals surface area contributed by atoms with Crippen LogP contribution in [0.15, 0.2) is 22.7 Å². The maximum absolute atomic E-state index is 12.6. The third-order valence-corrected chi connectivity index (χ3v) is 4.61. The lowest BCUT2D eigenvalue weighted by Crippen LogP contribution is -2.46. The standard InChI is InChI=1S/C15H20BrNO3/c1-17(13-5-3-4-6-14(13)18)15(19)11-9-10(20-2)7-8-12(11)16/h7-9,13-14,18H,3-6H2,1-2H3. The quantitative estimate of drug-likeness (QED) is 0.919. The molecule has 1 aromatic carbocycles. The van der Waals surface area contributed by atoms with Gasteiger partial charge in [0.15, 0.2) is 0 Å². The third-order valence-electron chi connectivity index (χ3n) is 3.92. The predicted molar refractivity (Wildman–Crippen MR) is 81.1 cm³/mol. The zero-order chi connectivity index (χ0) is 14.7. The summed E-state index contributed by atoms with van der Waals surface area (Å²) < 4.78 is 5.90. The van der Waals surface area contributed by atoms with E-state index in [-0.39, 0.29) is 11.9 Å². The van der Waals surface area contributed by atoms with Crippen LogP contribution >= 0.6 is 15.9 Å². The van der Waals surface area contributed by atoms with Gasteiger partial charge in [-0.1, -0.05) is 12.8 Å². The number of nitrogens with zero attached hydrogens (tertiary/aromatic N) is 1. The molecular formula is C15H20BrNO3. The number of methoxy groups -OCH3 is 1. The van der Waals surface area contributed by atoms with E-state index in [4.69, 9.17) is 4.74 Å². The van der Waals surface area contributed by atoms with Crippen molar-refractivity contribution in [2.24, 2.45) is 0 Å². The fourth-order valence-corrected chi connectivity index (χ4v) is 3.10. The summed E-state index contributed by atoms with van der Waals surface area (Å²) >= 11 is 3.40. The largest absolute Gasteiger partial charge is 0.497 e. The van der Waals surface area contributed by atoms with Gasteiger partial charge in [0.05, 0.1) is 24.8 Å². The van der Waals surface area contributed by atoms with Crippen LogP contribution in [0.25, 0.3) is 0 Å². The van der Waals surface area contributed by atoms with Crippen molar-refractivity contribution in [3.8, 4) is 5.75 Å². The van der Waals surface area contributed by atoms with Gasteiger partial charge in [0, 0.05) is 11.5 Å². The molecule has 1 amide bonds. The summed E-state index contributed by atoms with van der Waals surface area (Å²) in [5.74, 6) is 0.552. The zero-order valence-electron chi connectivity index (χ0n) is 11.8. The molecule has 4 nitrogen and oxygen atoms in total. The number of aliphatic hydroxyl groups is 1. The normalized spacial score (nSPS) is 22.4.